The van der Waals surface area contributed by atoms with Gasteiger partial charge in [-0.3, -0.25) is 9.89 Å². The molecule has 11 heteroatoms. The normalized spacial score (nSPS) is 16.3. The van der Waals surface area contributed by atoms with Crippen LogP contribution in [-0.2, 0) is 10.0 Å². The number of piperidine rings is 1. The van der Waals surface area contributed by atoms with Crippen LogP contribution in [0.3, 0.4) is 0 Å². The van der Waals surface area contributed by atoms with Gasteiger partial charge in [-0.2, -0.15) is 9.40 Å². The highest BCUT2D eigenvalue weighted by Gasteiger charge is 2.33. The molecule has 1 fully saturated rings. The van der Waals surface area contributed by atoms with E-state index in [1.807, 2.05) is 0 Å². The quantitative estimate of drug-likeness (QED) is 0.746. The van der Waals surface area contributed by atoms with Crippen LogP contribution in [0, 0.1) is 31.3 Å². The van der Waals surface area contributed by atoms with Gasteiger partial charge in [0.05, 0.1) is 17.0 Å². The predicted octanol–water partition coefficient (Wildman–Crippen LogP) is 2.03. The number of aromatic amines is 1. The first kappa shape index (κ1) is 20.3. The van der Waals surface area contributed by atoms with Crippen LogP contribution in [0.15, 0.2) is 17.0 Å². The molecule has 0 atom stereocenters. The average Bonchev–Trinajstić information content (AvgIpc) is 2.99. The minimum atomic E-state index is -3.73. The third kappa shape index (κ3) is 3.63. The summed E-state index contributed by atoms with van der Waals surface area (Å²) in [7, 11) is -3.73. The molecule has 0 unspecified atom stereocenters. The van der Waals surface area contributed by atoms with E-state index in [0.29, 0.717) is 30.3 Å². The number of hydrogen-bond donors (Lipinski definition) is 2. The lowest BCUT2D eigenvalue weighted by atomic mass is 10.1. The van der Waals surface area contributed by atoms with Gasteiger partial charge in [-0.05, 0) is 38.8 Å². The molecule has 2 heterocycles. The molecule has 1 amide bonds. The SMILES string of the molecule is Cc1n[nH]c(C)c1S(=O)(=O)N1CCC(NC(=O)c2ccc(F)c(F)c2F)CC1. The first-order valence-electron chi connectivity index (χ1n) is 8.59. The number of halogens is 3. The predicted molar refractivity (Wildman–Crippen MR) is 93.6 cm³/mol. The van der Waals surface area contributed by atoms with Crippen LogP contribution in [0.4, 0.5) is 13.2 Å². The van der Waals surface area contributed by atoms with E-state index in [-0.39, 0.29) is 18.0 Å². The Hall–Kier alpha value is -2.40. The summed E-state index contributed by atoms with van der Waals surface area (Å²) in [6.07, 6.45) is 0.596. The summed E-state index contributed by atoms with van der Waals surface area (Å²) >= 11 is 0. The number of aryl methyl sites for hydroxylation is 2. The number of H-pyrrole nitrogens is 1. The molecular weight excluding hydrogens is 397 g/mol. The molecule has 0 radical (unpaired) electrons. The van der Waals surface area contributed by atoms with Crippen LogP contribution in [-0.4, -0.2) is 48.0 Å². The summed E-state index contributed by atoms with van der Waals surface area (Å²) in [5.74, 6) is -5.51. The van der Waals surface area contributed by atoms with Gasteiger partial charge in [0.25, 0.3) is 5.91 Å². The van der Waals surface area contributed by atoms with Crippen molar-refractivity contribution in [2.75, 3.05) is 13.1 Å². The number of rotatable bonds is 4. The second-order valence-corrected chi connectivity index (χ2v) is 8.51. The number of nitrogens with one attached hydrogen (secondary N) is 2. The molecule has 1 aromatic carbocycles. The minimum absolute atomic E-state index is 0.138. The van der Waals surface area contributed by atoms with Crippen molar-refractivity contribution in [2.45, 2.75) is 37.6 Å². The number of sulfonamides is 1. The van der Waals surface area contributed by atoms with E-state index in [0.717, 1.165) is 6.07 Å². The second kappa shape index (κ2) is 7.55. The van der Waals surface area contributed by atoms with Crippen molar-refractivity contribution in [1.82, 2.24) is 19.8 Å². The lowest BCUT2D eigenvalue weighted by molar-refractivity contribution is 0.0918. The van der Waals surface area contributed by atoms with Gasteiger partial charge >= 0.3 is 0 Å². The minimum Gasteiger partial charge on any atom is -0.349 e. The van der Waals surface area contributed by atoms with E-state index in [1.54, 1.807) is 13.8 Å². The number of aromatic nitrogens is 2. The van der Waals surface area contributed by atoms with Crippen LogP contribution in [0.25, 0.3) is 0 Å². The Morgan fingerprint density at radius 1 is 1.18 bits per heavy atom. The number of benzene rings is 1. The van der Waals surface area contributed by atoms with Crippen molar-refractivity contribution >= 4 is 15.9 Å². The zero-order valence-electron chi connectivity index (χ0n) is 15.2. The topological polar surface area (TPSA) is 95.2 Å². The monoisotopic (exact) mass is 416 g/mol. The van der Waals surface area contributed by atoms with E-state index < -0.39 is 45.0 Å². The van der Waals surface area contributed by atoms with Gasteiger partial charge < -0.3 is 5.32 Å². The van der Waals surface area contributed by atoms with Crippen molar-refractivity contribution in [1.29, 1.82) is 0 Å². The maximum atomic E-state index is 13.7. The van der Waals surface area contributed by atoms with Gasteiger partial charge in [-0.25, -0.2) is 21.6 Å². The van der Waals surface area contributed by atoms with Crippen LogP contribution in [0.5, 0.6) is 0 Å². The van der Waals surface area contributed by atoms with Gasteiger partial charge in [-0.15, -0.1) is 0 Å². The van der Waals surface area contributed by atoms with E-state index in [4.69, 9.17) is 0 Å². The molecular formula is C17H19F3N4O3S. The molecule has 1 aromatic heterocycles. The van der Waals surface area contributed by atoms with Crippen molar-refractivity contribution in [2.24, 2.45) is 0 Å². The highest BCUT2D eigenvalue weighted by atomic mass is 32.2. The first-order valence-corrected chi connectivity index (χ1v) is 10.0. The number of nitrogens with zero attached hydrogens (tertiary/aromatic N) is 2. The smallest absolute Gasteiger partial charge is 0.254 e. The van der Waals surface area contributed by atoms with Crippen molar-refractivity contribution < 1.29 is 26.4 Å². The molecule has 28 heavy (non-hydrogen) atoms. The second-order valence-electron chi connectivity index (χ2n) is 6.64. The Bertz CT molecular complexity index is 995. The van der Waals surface area contributed by atoms with E-state index >= 15 is 0 Å². The third-order valence-electron chi connectivity index (χ3n) is 4.73. The van der Waals surface area contributed by atoms with Gasteiger partial charge in [-0.1, -0.05) is 0 Å². The largest absolute Gasteiger partial charge is 0.349 e. The zero-order chi connectivity index (χ0) is 20.6. The maximum Gasteiger partial charge on any atom is 0.254 e. The summed E-state index contributed by atoms with van der Waals surface area (Å²) in [4.78, 5) is 12.3. The van der Waals surface area contributed by atoms with Crippen molar-refractivity contribution in [3.8, 4) is 0 Å². The Kier molecular flexibility index (Phi) is 5.48. The molecule has 0 saturated carbocycles. The van der Waals surface area contributed by atoms with Crippen molar-refractivity contribution in [3.63, 3.8) is 0 Å². The molecule has 2 N–H and O–H groups in total. The van der Waals surface area contributed by atoms with Gasteiger partial charge in [0.2, 0.25) is 10.0 Å². The molecule has 0 aliphatic carbocycles. The lowest BCUT2D eigenvalue weighted by Crippen LogP contribution is -2.46. The summed E-state index contributed by atoms with van der Waals surface area (Å²) < 4.78 is 67.0. The van der Waals surface area contributed by atoms with Crippen LogP contribution >= 0.6 is 0 Å². The van der Waals surface area contributed by atoms with Gasteiger partial charge in [0.1, 0.15) is 4.90 Å². The number of hydrogen-bond acceptors (Lipinski definition) is 4. The summed E-state index contributed by atoms with van der Waals surface area (Å²) in [6, 6.07) is 1.13. The molecule has 1 aliphatic heterocycles. The van der Waals surface area contributed by atoms with Crippen LogP contribution in [0.1, 0.15) is 34.6 Å². The van der Waals surface area contributed by atoms with E-state index in [1.165, 1.54) is 4.31 Å². The molecule has 1 saturated heterocycles. The summed E-state index contributed by atoms with van der Waals surface area (Å²) in [6.45, 7) is 3.52. The Labute approximate surface area is 160 Å². The molecule has 2 aromatic rings. The standard InChI is InChI=1S/C17H19F3N4O3S/c1-9-16(10(2)23-22-9)28(26,27)24-7-5-11(6-8-24)21-17(25)12-3-4-13(18)15(20)14(12)19/h3-4,11H,5-8H2,1-2H3,(H,21,25)(H,22,23). The average molecular weight is 416 g/mol. The maximum absolute atomic E-state index is 13.7. The Morgan fingerprint density at radius 2 is 1.82 bits per heavy atom. The highest BCUT2D eigenvalue weighted by molar-refractivity contribution is 7.89. The highest BCUT2D eigenvalue weighted by Crippen LogP contribution is 2.25. The van der Waals surface area contributed by atoms with Gasteiger partial charge in [0, 0.05) is 19.1 Å². The molecule has 0 bridgehead atoms. The fraction of sp³-hybridized carbons (Fsp3) is 0.412. The number of carbonyl (C=O) groups is 1. The third-order valence-corrected chi connectivity index (χ3v) is 6.89. The summed E-state index contributed by atoms with van der Waals surface area (Å²) in [5, 5.41) is 9.09. The zero-order valence-corrected chi connectivity index (χ0v) is 16.0. The van der Waals surface area contributed by atoms with Crippen LogP contribution in [0.2, 0.25) is 0 Å². The fourth-order valence-corrected chi connectivity index (χ4v) is 5.06. The molecule has 3 rings (SSSR count). The Morgan fingerprint density at radius 3 is 2.39 bits per heavy atom. The fourth-order valence-electron chi connectivity index (χ4n) is 3.25. The van der Waals surface area contributed by atoms with Crippen molar-refractivity contribution in [3.05, 3.63) is 46.5 Å². The lowest BCUT2D eigenvalue weighted by Gasteiger charge is -2.31. The van der Waals surface area contributed by atoms with Crippen LogP contribution < -0.4 is 5.32 Å². The molecule has 1 aliphatic rings. The first-order chi connectivity index (χ1) is 13.1. The number of carbonyl (C=O) groups excluding carboxylic acids is 1. The molecule has 0 spiro atoms. The molecule has 7 nitrogen and oxygen atoms in total. The summed E-state index contributed by atoms with van der Waals surface area (Å²) in [5.41, 5.74) is 0.224. The van der Waals surface area contributed by atoms with Gasteiger partial charge in [0.15, 0.2) is 17.5 Å². The number of amides is 1. The van der Waals surface area contributed by atoms with E-state index in [9.17, 15) is 26.4 Å². The van der Waals surface area contributed by atoms with E-state index in [2.05, 4.69) is 15.5 Å². The molecule has 152 valence electrons. The Balaban J connectivity index is 1.66.